The SMILES string of the molecule is CCOc1ccc(NC(=O)C[C@H]2SC(N)=NC2=O)c([N+](=O)[O-])c1. The Morgan fingerprint density at radius 3 is 2.87 bits per heavy atom. The van der Waals surface area contributed by atoms with Gasteiger partial charge < -0.3 is 15.8 Å². The molecule has 0 bridgehead atoms. The van der Waals surface area contributed by atoms with E-state index in [1.807, 2.05) is 0 Å². The molecule has 1 aromatic carbocycles. The van der Waals surface area contributed by atoms with E-state index in [-0.39, 0.29) is 23.0 Å². The van der Waals surface area contributed by atoms with Gasteiger partial charge in [0.15, 0.2) is 5.17 Å². The summed E-state index contributed by atoms with van der Waals surface area (Å²) in [7, 11) is 0. The number of rotatable bonds is 6. The summed E-state index contributed by atoms with van der Waals surface area (Å²) >= 11 is 0.996. The molecule has 23 heavy (non-hydrogen) atoms. The van der Waals surface area contributed by atoms with Crippen LogP contribution in [0.2, 0.25) is 0 Å². The minimum Gasteiger partial charge on any atom is -0.494 e. The third-order valence-electron chi connectivity index (χ3n) is 2.88. The highest BCUT2D eigenvalue weighted by atomic mass is 32.2. The molecule has 0 radical (unpaired) electrons. The molecule has 0 fully saturated rings. The summed E-state index contributed by atoms with van der Waals surface area (Å²) in [6.45, 7) is 2.12. The van der Waals surface area contributed by atoms with Crippen molar-refractivity contribution in [2.24, 2.45) is 10.7 Å². The van der Waals surface area contributed by atoms with E-state index in [1.165, 1.54) is 18.2 Å². The topological polar surface area (TPSA) is 137 Å². The van der Waals surface area contributed by atoms with E-state index in [2.05, 4.69) is 10.3 Å². The van der Waals surface area contributed by atoms with Crippen LogP contribution in [0.1, 0.15) is 13.3 Å². The normalized spacial score (nSPS) is 16.8. The van der Waals surface area contributed by atoms with Gasteiger partial charge in [0, 0.05) is 6.42 Å². The second-order valence-electron chi connectivity index (χ2n) is 4.52. The van der Waals surface area contributed by atoms with Crippen molar-refractivity contribution in [1.29, 1.82) is 0 Å². The lowest BCUT2D eigenvalue weighted by Gasteiger charge is -2.09. The van der Waals surface area contributed by atoms with Crippen molar-refractivity contribution < 1.29 is 19.2 Å². The molecule has 0 saturated carbocycles. The van der Waals surface area contributed by atoms with Gasteiger partial charge in [0.2, 0.25) is 5.91 Å². The highest BCUT2D eigenvalue weighted by Gasteiger charge is 2.29. The van der Waals surface area contributed by atoms with Gasteiger partial charge in [0.05, 0.1) is 17.6 Å². The summed E-state index contributed by atoms with van der Waals surface area (Å²) in [5, 5.41) is 12.9. The zero-order valence-corrected chi connectivity index (χ0v) is 13.0. The molecule has 1 aliphatic heterocycles. The first-order chi connectivity index (χ1) is 10.9. The monoisotopic (exact) mass is 338 g/mol. The molecule has 2 rings (SSSR count). The Labute approximate surface area is 135 Å². The number of nitro groups is 1. The number of hydrogen-bond donors (Lipinski definition) is 2. The van der Waals surface area contributed by atoms with Crippen LogP contribution in [0, 0.1) is 10.1 Å². The van der Waals surface area contributed by atoms with E-state index in [9.17, 15) is 19.7 Å². The van der Waals surface area contributed by atoms with Crippen molar-refractivity contribution in [3.63, 3.8) is 0 Å². The van der Waals surface area contributed by atoms with E-state index in [4.69, 9.17) is 10.5 Å². The number of benzene rings is 1. The molecule has 1 atom stereocenters. The summed E-state index contributed by atoms with van der Waals surface area (Å²) in [6, 6.07) is 4.13. The summed E-state index contributed by atoms with van der Waals surface area (Å²) in [4.78, 5) is 37.5. The number of thioether (sulfide) groups is 1. The fraction of sp³-hybridized carbons (Fsp3) is 0.308. The number of carbonyl (C=O) groups excluding carboxylic acids is 2. The Hall–Kier alpha value is -2.62. The molecule has 0 unspecified atom stereocenters. The molecule has 1 aromatic rings. The van der Waals surface area contributed by atoms with Crippen LogP contribution in [0.3, 0.4) is 0 Å². The minimum absolute atomic E-state index is 0.0350. The van der Waals surface area contributed by atoms with Crippen molar-refractivity contribution in [2.45, 2.75) is 18.6 Å². The molecule has 122 valence electrons. The zero-order valence-electron chi connectivity index (χ0n) is 12.1. The molecular formula is C13H14N4O5S. The lowest BCUT2D eigenvalue weighted by Crippen LogP contribution is -2.22. The molecule has 1 aliphatic rings. The Morgan fingerprint density at radius 1 is 1.57 bits per heavy atom. The summed E-state index contributed by atoms with van der Waals surface area (Å²) in [6.07, 6.45) is -0.169. The van der Waals surface area contributed by atoms with E-state index in [0.717, 1.165) is 11.8 Å². The first-order valence-electron chi connectivity index (χ1n) is 6.66. The second kappa shape index (κ2) is 7.09. The van der Waals surface area contributed by atoms with Crippen molar-refractivity contribution in [3.05, 3.63) is 28.3 Å². The average Bonchev–Trinajstić information content (AvgIpc) is 2.78. The Kier molecular flexibility index (Phi) is 5.16. The van der Waals surface area contributed by atoms with Crippen LogP contribution in [-0.2, 0) is 9.59 Å². The van der Waals surface area contributed by atoms with Crippen molar-refractivity contribution >= 4 is 40.1 Å². The van der Waals surface area contributed by atoms with Gasteiger partial charge in [0.1, 0.15) is 16.7 Å². The summed E-state index contributed by atoms with van der Waals surface area (Å²) in [5.74, 6) is -0.684. The van der Waals surface area contributed by atoms with Gasteiger partial charge in [0.25, 0.3) is 11.6 Å². The number of hydrogen-bond acceptors (Lipinski definition) is 7. The van der Waals surface area contributed by atoms with Gasteiger partial charge in [-0.15, -0.1) is 0 Å². The number of nitrogens with one attached hydrogen (secondary N) is 1. The fourth-order valence-electron chi connectivity index (χ4n) is 1.93. The minimum atomic E-state index is -0.697. The largest absolute Gasteiger partial charge is 0.494 e. The van der Waals surface area contributed by atoms with Gasteiger partial charge in [-0.2, -0.15) is 4.99 Å². The first kappa shape index (κ1) is 16.7. The predicted molar refractivity (Wildman–Crippen MR) is 85.5 cm³/mol. The highest BCUT2D eigenvalue weighted by molar-refractivity contribution is 8.15. The van der Waals surface area contributed by atoms with Crippen LogP contribution in [0.4, 0.5) is 11.4 Å². The second-order valence-corrected chi connectivity index (χ2v) is 5.74. The van der Waals surface area contributed by atoms with Crippen LogP contribution < -0.4 is 15.8 Å². The van der Waals surface area contributed by atoms with Crippen LogP contribution in [0.25, 0.3) is 0 Å². The van der Waals surface area contributed by atoms with Crippen molar-refractivity contribution in [2.75, 3.05) is 11.9 Å². The van der Waals surface area contributed by atoms with E-state index < -0.39 is 22.0 Å². The molecule has 2 amide bonds. The number of amides is 2. The quantitative estimate of drug-likeness (QED) is 0.588. The van der Waals surface area contributed by atoms with Crippen molar-refractivity contribution in [1.82, 2.24) is 0 Å². The van der Waals surface area contributed by atoms with E-state index in [1.54, 1.807) is 6.92 Å². The van der Waals surface area contributed by atoms with Crippen LogP contribution >= 0.6 is 11.8 Å². The lowest BCUT2D eigenvalue weighted by atomic mass is 10.2. The molecule has 3 N–H and O–H groups in total. The van der Waals surface area contributed by atoms with Gasteiger partial charge in [-0.05, 0) is 19.1 Å². The average molecular weight is 338 g/mol. The number of ether oxygens (including phenoxy) is 1. The molecule has 0 spiro atoms. The molecular weight excluding hydrogens is 324 g/mol. The summed E-state index contributed by atoms with van der Waals surface area (Å²) in [5.41, 5.74) is 5.16. The van der Waals surface area contributed by atoms with Crippen LogP contribution in [-0.4, -0.2) is 33.8 Å². The number of nitrogens with two attached hydrogens (primary N) is 1. The van der Waals surface area contributed by atoms with Gasteiger partial charge in [-0.1, -0.05) is 11.8 Å². The van der Waals surface area contributed by atoms with Gasteiger partial charge in [-0.25, -0.2) is 0 Å². The number of anilines is 1. The Bertz CT molecular complexity index is 691. The third kappa shape index (κ3) is 4.19. The number of nitro benzene ring substituents is 1. The molecule has 0 aliphatic carbocycles. The van der Waals surface area contributed by atoms with Crippen molar-refractivity contribution in [3.8, 4) is 5.75 Å². The maximum absolute atomic E-state index is 12.0. The van der Waals surface area contributed by atoms with Crippen LogP contribution in [0.15, 0.2) is 23.2 Å². The van der Waals surface area contributed by atoms with E-state index in [0.29, 0.717) is 12.4 Å². The first-order valence-corrected chi connectivity index (χ1v) is 7.54. The maximum atomic E-state index is 12.0. The highest BCUT2D eigenvalue weighted by Crippen LogP contribution is 2.30. The number of nitrogens with zero attached hydrogens (tertiary/aromatic N) is 2. The molecule has 1 heterocycles. The molecule has 0 aromatic heterocycles. The fourth-order valence-corrected chi connectivity index (χ4v) is 2.75. The Balaban J connectivity index is 2.08. The number of carbonyl (C=O) groups is 2. The molecule has 10 heteroatoms. The van der Waals surface area contributed by atoms with Gasteiger partial charge in [-0.3, -0.25) is 19.7 Å². The molecule has 0 saturated heterocycles. The zero-order chi connectivity index (χ0) is 17.0. The lowest BCUT2D eigenvalue weighted by molar-refractivity contribution is -0.384. The maximum Gasteiger partial charge on any atom is 0.296 e. The smallest absolute Gasteiger partial charge is 0.296 e. The Morgan fingerprint density at radius 2 is 2.30 bits per heavy atom. The predicted octanol–water partition coefficient (Wildman–Crippen LogP) is 1.28. The van der Waals surface area contributed by atoms with Crippen LogP contribution in [0.5, 0.6) is 5.75 Å². The van der Waals surface area contributed by atoms with E-state index >= 15 is 0 Å². The number of amidine groups is 1. The third-order valence-corrected chi connectivity index (χ3v) is 3.87. The number of aliphatic imine (C=N–C) groups is 1. The standard InChI is InChI=1S/C13H14N4O5S/c1-2-22-7-3-4-8(9(5-7)17(20)21)15-11(18)6-10-12(19)16-13(14)23-10/h3-5,10H,2,6H2,1H3,(H,15,18)(H2,14,16,19)/t10-/m1/s1. The summed E-state index contributed by atoms with van der Waals surface area (Å²) < 4.78 is 5.20. The molecule has 9 nitrogen and oxygen atoms in total. The van der Waals surface area contributed by atoms with Gasteiger partial charge >= 0.3 is 0 Å².